The first-order chi connectivity index (χ1) is 16.4. The number of nitrogens with zero attached hydrogens (tertiary/aromatic N) is 4. The first kappa shape index (κ1) is 24.6. The Balaban J connectivity index is 1.47. The van der Waals surface area contributed by atoms with Gasteiger partial charge in [-0.05, 0) is 56.5 Å². The summed E-state index contributed by atoms with van der Waals surface area (Å²) < 4.78 is 1.99. The van der Waals surface area contributed by atoms with E-state index in [4.69, 9.17) is 23.2 Å². The first-order valence-electron chi connectivity index (χ1n) is 11.1. The lowest BCUT2D eigenvalue weighted by atomic mass is 10.1. The molecule has 0 saturated carbocycles. The lowest BCUT2D eigenvalue weighted by Gasteiger charge is -2.25. The summed E-state index contributed by atoms with van der Waals surface area (Å²) >= 11 is 13.3. The highest BCUT2D eigenvalue weighted by Crippen LogP contribution is 2.34. The number of amides is 2. The van der Waals surface area contributed by atoms with Crippen LogP contribution in [0.15, 0.2) is 47.6 Å². The molecule has 1 atom stereocenters. The fraction of sp³-hybridized carbons (Fsp3) is 0.333. The van der Waals surface area contributed by atoms with Crippen LogP contribution in [0.5, 0.6) is 0 Å². The number of carbonyl (C=O) groups excluding carboxylic acids is 2. The van der Waals surface area contributed by atoms with E-state index in [0.29, 0.717) is 39.5 Å². The average molecular weight is 518 g/mol. The summed E-state index contributed by atoms with van der Waals surface area (Å²) in [6.07, 6.45) is 1.74. The molecule has 3 aromatic rings. The van der Waals surface area contributed by atoms with Crippen LogP contribution in [0.25, 0.3) is 0 Å². The van der Waals surface area contributed by atoms with Crippen LogP contribution in [-0.4, -0.2) is 43.8 Å². The lowest BCUT2D eigenvalue weighted by molar-refractivity contribution is -0.113. The van der Waals surface area contributed by atoms with Gasteiger partial charge in [-0.2, -0.15) is 0 Å². The average Bonchev–Trinajstić information content (AvgIpc) is 3.43. The van der Waals surface area contributed by atoms with Crippen molar-refractivity contribution < 1.29 is 9.59 Å². The van der Waals surface area contributed by atoms with Gasteiger partial charge in [0, 0.05) is 34.4 Å². The number of benzene rings is 2. The Morgan fingerprint density at radius 1 is 1.15 bits per heavy atom. The van der Waals surface area contributed by atoms with E-state index in [1.807, 2.05) is 47.6 Å². The third-order valence-corrected chi connectivity index (χ3v) is 7.13. The molecule has 2 amide bonds. The van der Waals surface area contributed by atoms with Crippen molar-refractivity contribution in [1.82, 2.24) is 19.7 Å². The molecular formula is C24H25Cl2N5O2S. The minimum Gasteiger partial charge on any atom is -0.328 e. The van der Waals surface area contributed by atoms with Crippen molar-refractivity contribution in [3.05, 3.63) is 69.5 Å². The van der Waals surface area contributed by atoms with Crippen molar-refractivity contribution >= 4 is 52.5 Å². The zero-order valence-corrected chi connectivity index (χ0v) is 21.3. The molecule has 7 nitrogen and oxygen atoms in total. The summed E-state index contributed by atoms with van der Waals surface area (Å²) in [6.45, 7) is 5.28. The van der Waals surface area contributed by atoms with E-state index in [1.54, 1.807) is 18.2 Å². The van der Waals surface area contributed by atoms with Crippen molar-refractivity contribution in [3.63, 3.8) is 0 Å². The first-order valence-corrected chi connectivity index (χ1v) is 12.8. The van der Waals surface area contributed by atoms with Crippen LogP contribution in [0, 0.1) is 6.92 Å². The molecule has 1 aliphatic rings. The second-order valence-corrected chi connectivity index (χ2v) is 9.87. The van der Waals surface area contributed by atoms with E-state index >= 15 is 0 Å². The van der Waals surface area contributed by atoms with E-state index in [9.17, 15) is 9.59 Å². The Morgan fingerprint density at radius 2 is 1.88 bits per heavy atom. The van der Waals surface area contributed by atoms with Crippen LogP contribution in [0.1, 0.15) is 47.6 Å². The minimum absolute atomic E-state index is 0.0139. The molecule has 34 heavy (non-hydrogen) atoms. The molecule has 1 aliphatic heterocycles. The van der Waals surface area contributed by atoms with Gasteiger partial charge in [0.15, 0.2) is 11.0 Å². The number of halogens is 2. The number of thioether (sulfide) groups is 1. The Kier molecular flexibility index (Phi) is 7.80. The summed E-state index contributed by atoms with van der Waals surface area (Å²) in [5.41, 5.74) is 2.21. The van der Waals surface area contributed by atoms with Crippen LogP contribution in [0.3, 0.4) is 0 Å². The molecular weight excluding hydrogens is 493 g/mol. The normalized spacial score (nSPS) is 15.5. The van der Waals surface area contributed by atoms with E-state index in [1.165, 1.54) is 11.8 Å². The highest BCUT2D eigenvalue weighted by Gasteiger charge is 2.35. The number of hydrogen-bond acceptors (Lipinski definition) is 5. The number of nitrogens with one attached hydrogen (secondary N) is 1. The van der Waals surface area contributed by atoms with Crippen molar-refractivity contribution in [2.75, 3.05) is 17.6 Å². The Labute approximate surface area is 212 Å². The van der Waals surface area contributed by atoms with Gasteiger partial charge in [-0.25, -0.2) is 0 Å². The maximum atomic E-state index is 13.3. The number of anilines is 1. The summed E-state index contributed by atoms with van der Waals surface area (Å²) in [7, 11) is 0. The van der Waals surface area contributed by atoms with Crippen LogP contribution in [0.2, 0.25) is 10.0 Å². The van der Waals surface area contributed by atoms with E-state index in [2.05, 4.69) is 15.5 Å². The smallest absolute Gasteiger partial charge is 0.254 e. The molecule has 1 fully saturated rings. The maximum Gasteiger partial charge on any atom is 0.254 e. The number of rotatable bonds is 7. The number of hydrogen-bond donors (Lipinski definition) is 1. The van der Waals surface area contributed by atoms with Crippen LogP contribution in [-0.2, 0) is 11.3 Å². The quantitative estimate of drug-likeness (QED) is 0.411. The number of carbonyl (C=O) groups is 2. The van der Waals surface area contributed by atoms with Crippen LogP contribution < -0.4 is 5.32 Å². The van der Waals surface area contributed by atoms with Crippen LogP contribution in [0.4, 0.5) is 5.69 Å². The summed E-state index contributed by atoms with van der Waals surface area (Å²) in [5.74, 6) is 0.720. The summed E-state index contributed by atoms with van der Waals surface area (Å²) in [6, 6.07) is 12.4. The highest BCUT2D eigenvalue weighted by molar-refractivity contribution is 7.99. The Bertz CT molecular complexity index is 1200. The number of aryl methyl sites for hydroxylation is 1. The molecule has 4 rings (SSSR count). The molecule has 1 N–H and O–H groups in total. The Morgan fingerprint density at radius 3 is 2.59 bits per heavy atom. The van der Waals surface area contributed by atoms with Crippen molar-refractivity contribution in [3.8, 4) is 0 Å². The fourth-order valence-corrected chi connectivity index (χ4v) is 5.48. The molecule has 2 aromatic carbocycles. The van der Waals surface area contributed by atoms with Gasteiger partial charge in [0.2, 0.25) is 5.91 Å². The molecule has 1 unspecified atom stereocenters. The van der Waals surface area contributed by atoms with Gasteiger partial charge in [-0.3, -0.25) is 9.59 Å². The molecule has 10 heteroatoms. The van der Waals surface area contributed by atoms with Gasteiger partial charge in [-0.15, -0.1) is 10.2 Å². The van der Waals surface area contributed by atoms with Crippen LogP contribution >= 0.6 is 35.0 Å². The second-order valence-electron chi connectivity index (χ2n) is 8.05. The van der Waals surface area contributed by atoms with E-state index in [0.717, 1.165) is 24.2 Å². The fourth-order valence-electron chi connectivity index (χ4n) is 4.15. The number of likely N-dealkylation sites (tertiary alicyclic amines) is 1. The zero-order chi connectivity index (χ0) is 24.2. The van der Waals surface area contributed by atoms with Gasteiger partial charge >= 0.3 is 0 Å². The topological polar surface area (TPSA) is 80.1 Å². The monoisotopic (exact) mass is 517 g/mol. The van der Waals surface area contributed by atoms with Gasteiger partial charge in [-0.1, -0.05) is 53.2 Å². The number of aromatic nitrogens is 3. The third-order valence-electron chi connectivity index (χ3n) is 5.73. The standard InChI is InChI=1S/C24H25Cl2N5O2S/c1-3-30-22(20-9-6-10-31(20)23(33)19-8-5-4-7-15(19)2)28-29-24(30)34-14-21(32)27-18-12-16(25)11-17(26)13-18/h4-5,7-8,11-13,20H,3,6,9-10,14H2,1-2H3,(H,27,32). The third kappa shape index (κ3) is 5.40. The van der Waals surface area contributed by atoms with E-state index in [-0.39, 0.29) is 23.6 Å². The van der Waals surface area contributed by atoms with Crippen molar-refractivity contribution in [2.45, 2.75) is 44.4 Å². The molecule has 0 radical (unpaired) electrons. The Hall–Kier alpha value is -2.55. The predicted octanol–water partition coefficient (Wildman–Crippen LogP) is 5.62. The maximum absolute atomic E-state index is 13.3. The molecule has 1 aromatic heterocycles. The molecule has 178 valence electrons. The van der Waals surface area contributed by atoms with E-state index < -0.39 is 0 Å². The molecule has 0 aliphatic carbocycles. The van der Waals surface area contributed by atoms with Gasteiger partial charge in [0.25, 0.3) is 5.91 Å². The molecule has 0 bridgehead atoms. The molecule has 2 heterocycles. The highest BCUT2D eigenvalue weighted by atomic mass is 35.5. The van der Waals surface area contributed by atoms with Crippen molar-refractivity contribution in [1.29, 1.82) is 0 Å². The zero-order valence-electron chi connectivity index (χ0n) is 18.9. The molecule has 0 spiro atoms. The predicted molar refractivity (Wildman–Crippen MR) is 136 cm³/mol. The second kappa shape index (κ2) is 10.8. The van der Waals surface area contributed by atoms with Gasteiger partial charge in [0.05, 0.1) is 11.8 Å². The van der Waals surface area contributed by atoms with Gasteiger partial charge in [0.1, 0.15) is 0 Å². The molecule has 1 saturated heterocycles. The SMILES string of the molecule is CCn1c(SCC(=O)Nc2cc(Cl)cc(Cl)c2)nnc1C1CCCN1C(=O)c1ccccc1C. The lowest BCUT2D eigenvalue weighted by Crippen LogP contribution is -2.32. The minimum atomic E-state index is -0.201. The summed E-state index contributed by atoms with van der Waals surface area (Å²) in [5, 5.41) is 13.1. The largest absolute Gasteiger partial charge is 0.328 e. The summed E-state index contributed by atoms with van der Waals surface area (Å²) in [4.78, 5) is 27.7. The van der Waals surface area contributed by atoms with Gasteiger partial charge < -0.3 is 14.8 Å². The van der Waals surface area contributed by atoms with Crippen molar-refractivity contribution in [2.24, 2.45) is 0 Å².